The number of hydrogen-bond acceptors (Lipinski definition) is 5. The van der Waals surface area contributed by atoms with Crippen LogP contribution in [0.3, 0.4) is 0 Å². The molecule has 1 amide bonds. The quantitative estimate of drug-likeness (QED) is 0.440. The van der Waals surface area contributed by atoms with E-state index in [0.29, 0.717) is 0 Å². The molecule has 0 atom stereocenters. The number of amides is 1. The molecule has 152 valence electrons. The van der Waals surface area contributed by atoms with Crippen LogP contribution in [0.25, 0.3) is 0 Å². The molecule has 0 aromatic heterocycles. The van der Waals surface area contributed by atoms with Gasteiger partial charge < -0.3 is 0 Å². The molecule has 3 rings (SSSR count). The fourth-order valence-corrected chi connectivity index (χ4v) is 3.53. The minimum Gasteiger partial charge on any atom is -0.299 e. The molecular weight excluding hydrogens is 368 g/mol. The fourth-order valence-electron chi connectivity index (χ4n) is 3.53. The maximum Gasteiger partial charge on any atom is 0.269 e. The van der Waals surface area contributed by atoms with Crippen LogP contribution in [0.5, 0.6) is 0 Å². The first-order chi connectivity index (χ1) is 14.1. The molecule has 0 unspecified atom stereocenters. The molecule has 1 N–H and O–H groups in total. The van der Waals surface area contributed by atoms with Crippen molar-refractivity contribution in [2.45, 2.75) is 32.7 Å². The van der Waals surface area contributed by atoms with E-state index < -0.39 is 4.92 Å². The highest BCUT2D eigenvalue weighted by atomic mass is 16.6. The first kappa shape index (κ1) is 20.7. The monoisotopic (exact) mass is 394 g/mol. The molecule has 7 heteroatoms. The SMILES string of the molecule is CCC(=NNC(=O)C1CCN(Cc2ccc([N+](=O)[O-])cc2)CC1)c1ccccc1. The lowest BCUT2D eigenvalue weighted by atomic mass is 9.96. The number of hydrogen-bond donors (Lipinski definition) is 1. The molecule has 0 saturated carbocycles. The van der Waals surface area contributed by atoms with Gasteiger partial charge in [-0.3, -0.25) is 19.8 Å². The van der Waals surface area contributed by atoms with Crippen molar-refractivity contribution >= 4 is 17.3 Å². The van der Waals surface area contributed by atoms with Crippen LogP contribution < -0.4 is 5.43 Å². The zero-order valence-corrected chi connectivity index (χ0v) is 16.6. The Kier molecular flexibility index (Phi) is 7.08. The average Bonchev–Trinajstić information content (AvgIpc) is 2.75. The van der Waals surface area contributed by atoms with Crippen molar-refractivity contribution in [1.82, 2.24) is 10.3 Å². The number of carbonyl (C=O) groups excluding carboxylic acids is 1. The standard InChI is InChI=1S/C22H26N4O3/c1-2-21(18-6-4-3-5-7-18)23-24-22(27)19-12-14-25(15-13-19)16-17-8-10-20(11-9-17)26(28)29/h3-11,19H,2,12-16H2,1H3,(H,24,27). The van der Waals surface area contributed by atoms with Crippen LogP contribution in [0.4, 0.5) is 5.69 Å². The molecule has 1 saturated heterocycles. The Morgan fingerprint density at radius 1 is 1.14 bits per heavy atom. The van der Waals surface area contributed by atoms with E-state index in [1.807, 2.05) is 37.3 Å². The number of carbonyl (C=O) groups is 1. The Labute approximate surface area is 170 Å². The van der Waals surface area contributed by atoms with Crippen molar-refractivity contribution in [3.05, 3.63) is 75.8 Å². The summed E-state index contributed by atoms with van der Waals surface area (Å²) >= 11 is 0. The van der Waals surface area contributed by atoms with Gasteiger partial charge in [0.05, 0.1) is 10.6 Å². The van der Waals surface area contributed by atoms with Crippen LogP contribution in [0.1, 0.15) is 37.3 Å². The number of benzene rings is 2. The summed E-state index contributed by atoms with van der Waals surface area (Å²) in [4.78, 5) is 25.1. The van der Waals surface area contributed by atoms with Crippen LogP contribution in [0.15, 0.2) is 59.7 Å². The highest BCUT2D eigenvalue weighted by molar-refractivity contribution is 6.00. The summed E-state index contributed by atoms with van der Waals surface area (Å²) in [6.45, 7) is 4.39. The molecule has 0 radical (unpaired) electrons. The van der Waals surface area contributed by atoms with Gasteiger partial charge in [0.25, 0.3) is 5.69 Å². The predicted molar refractivity (Wildman–Crippen MR) is 113 cm³/mol. The minimum atomic E-state index is -0.391. The largest absolute Gasteiger partial charge is 0.299 e. The molecule has 1 fully saturated rings. The van der Waals surface area contributed by atoms with Gasteiger partial charge in [-0.15, -0.1) is 0 Å². The molecule has 29 heavy (non-hydrogen) atoms. The molecule has 0 bridgehead atoms. The molecule has 1 aliphatic heterocycles. The molecule has 0 spiro atoms. The molecule has 2 aromatic rings. The van der Waals surface area contributed by atoms with Crippen molar-refractivity contribution < 1.29 is 9.72 Å². The van der Waals surface area contributed by atoms with Crippen molar-refractivity contribution in [3.8, 4) is 0 Å². The lowest BCUT2D eigenvalue weighted by Gasteiger charge is -2.30. The zero-order valence-electron chi connectivity index (χ0n) is 16.6. The molecule has 1 aliphatic rings. The van der Waals surface area contributed by atoms with Gasteiger partial charge in [0.1, 0.15) is 0 Å². The van der Waals surface area contributed by atoms with Crippen molar-refractivity contribution in [1.29, 1.82) is 0 Å². The van der Waals surface area contributed by atoms with E-state index >= 15 is 0 Å². The van der Waals surface area contributed by atoms with E-state index in [1.165, 1.54) is 12.1 Å². The van der Waals surface area contributed by atoms with E-state index in [-0.39, 0.29) is 17.5 Å². The first-order valence-corrected chi connectivity index (χ1v) is 9.94. The predicted octanol–water partition coefficient (Wildman–Crippen LogP) is 3.74. The van der Waals surface area contributed by atoms with E-state index in [9.17, 15) is 14.9 Å². The number of piperidine rings is 1. The number of non-ortho nitro benzene ring substituents is 1. The lowest BCUT2D eigenvalue weighted by Crippen LogP contribution is -2.39. The summed E-state index contributed by atoms with van der Waals surface area (Å²) in [6, 6.07) is 16.5. The van der Waals surface area contributed by atoms with Crippen LogP contribution in [0, 0.1) is 16.0 Å². The number of nitrogens with one attached hydrogen (secondary N) is 1. The van der Waals surface area contributed by atoms with E-state index in [2.05, 4.69) is 15.4 Å². The minimum absolute atomic E-state index is 0.0260. The Balaban J connectivity index is 1.49. The van der Waals surface area contributed by atoms with Gasteiger partial charge in [0.15, 0.2) is 0 Å². The molecular formula is C22H26N4O3. The Bertz CT molecular complexity index is 857. The Morgan fingerprint density at radius 3 is 2.38 bits per heavy atom. The fraction of sp³-hybridized carbons (Fsp3) is 0.364. The first-order valence-electron chi connectivity index (χ1n) is 9.94. The normalized spacial score (nSPS) is 15.8. The number of nitro benzene ring substituents is 1. The van der Waals surface area contributed by atoms with Crippen LogP contribution in [-0.4, -0.2) is 34.5 Å². The van der Waals surface area contributed by atoms with Gasteiger partial charge in [0, 0.05) is 24.6 Å². The summed E-state index contributed by atoms with van der Waals surface area (Å²) in [6.07, 6.45) is 2.31. The van der Waals surface area contributed by atoms with Gasteiger partial charge in [0.2, 0.25) is 5.91 Å². The molecule has 1 heterocycles. The van der Waals surface area contributed by atoms with Gasteiger partial charge in [-0.25, -0.2) is 5.43 Å². The number of hydrazone groups is 1. The second-order valence-corrected chi connectivity index (χ2v) is 7.23. The number of nitrogens with zero attached hydrogens (tertiary/aromatic N) is 3. The highest BCUT2D eigenvalue weighted by Gasteiger charge is 2.25. The summed E-state index contributed by atoms with van der Waals surface area (Å²) in [5.74, 6) is -0.0670. The maximum absolute atomic E-state index is 12.5. The summed E-state index contributed by atoms with van der Waals surface area (Å²) in [5, 5.41) is 15.1. The molecule has 0 aliphatic carbocycles. The third-order valence-electron chi connectivity index (χ3n) is 5.25. The smallest absolute Gasteiger partial charge is 0.269 e. The van der Waals surface area contributed by atoms with Gasteiger partial charge in [-0.1, -0.05) is 49.4 Å². The summed E-state index contributed by atoms with van der Waals surface area (Å²) < 4.78 is 0. The van der Waals surface area contributed by atoms with E-state index in [4.69, 9.17) is 0 Å². The number of rotatable bonds is 7. The second-order valence-electron chi connectivity index (χ2n) is 7.23. The highest BCUT2D eigenvalue weighted by Crippen LogP contribution is 2.20. The average molecular weight is 394 g/mol. The topological polar surface area (TPSA) is 87.8 Å². The molecule has 2 aromatic carbocycles. The second kappa shape index (κ2) is 9.93. The maximum atomic E-state index is 12.5. The van der Waals surface area contributed by atoms with Crippen molar-refractivity contribution in [3.63, 3.8) is 0 Å². The Hall–Kier alpha value is -3.06. The van der Waals surface area contributed by atoms with Crippen LogP contribution >= 0.6 is 0 Å². The van der Waals surface area contributed by atoms with Crippen molar-refractivity contribution in [2.24, 2.45) is 11.0 Å². The summed E-state index contributed by atoms with van der Waals surface area (Å²) in [5.41, 5.74) is 5.79. The van der Waals surface area contributed by atoms with Crippen LogP contribution in [-0.2, 0) is 11.3 Å². The Morgan fingerprint density at radius 2 is 1.79 bits per heavy atom. The molecule has 7 nitrogen and oxygen atoms in total. The van der Waals surface area contributed by atoms with Crippen molar-refractivity contribution in [2.75, 3.05) is 13.1 Å². The lowest BCUT2D eigenvalue weighted by molar-refractivity contribution is -0.384. The van der Waals surface area contributed by atoms with E-state index in [1.54, 1.807) is 12.1 Å². The van der Waals surface area contributed by atoms with Gasteiger partial charge >= 0.3 is 0 Å². The van der Waals surface area contributed by atoms with Gasteiger partial charge in [-0.05, 0) is 43.5 Å². The number of nitro groups is 1. The number of likely N-dealkylation sites (tertiary alicyclic amines) is 1. The zero-order chi connectivity index (χ0) is 20.6. The third-order valence-corrected chi connectivity index (χ3v) is 5.25. The van der Waals surface area contributed by atoms with E-state index in [0.717, 1.165) is 55.7 Å². The van der Waals surface area contributed by atoms with Gasteiger partial charge in [-0.2, -0.15) is 5.10 Å². The van der Waals surface area contributed by atoms with Crippen LogP contribution in [0.2, 0.25) is 0 Å². The third kappa shape index (κ3) is 5.71. The summed E-state index contributed by atoms with van der Waals surface area (Å²) in [7, 11) is 0.